The molecule has 4 nitrogen and oxygen atoms in total. The lowest BCUT2D eigenvalue weighted by atomic mass is 9.92. The van der Waals surface area contributed by atoms with Crippen molar-refractivity contribution in [3.63, 3.8) is 0 Å². The Labute approximate surface area is 71.7 Å². The van der Waals surface area contributed by atoms with Crippen LogP contribution in [0.1, 0.15) is 12.8 Å². The van der Waals surface area contributed by atoms with Crippen LogP contribution in [-0.4, -0.2) is 37.7 Å². The zero-order chi connectivity index (χ0) is 8.44. The summed E-state index contributed by atoms with van der Waals surface area (Å²) in [7, 11) is 0. The van der Waals surface area contributed by atoms with E-state index < -0.39 is 5.60 Å². The first-order valence-corrected chi connectivity index (χ1v) is 4.46. The number of ether oxygens (including phenoxy) is 1. The van der Waals surface area contributed by atoms with Gasteiger partial charge in [0.05, 0.1) is 6.61 Å². The van der Waals surface area contributed by atoms with Crippen molar-refractivity contribution in [2.24, 2.45) is 0 Å². The third-order valence-corrected chi connectivity index (χ3v) is 2.52. The number of carbonyl (C=O) groups excluding carboxylic acids is 1. The highest BCUT2D eigenvalue weighted by atomic mass is 16.5. The predicted octanol–water partition coefficient (Wildman–Crippen LogP) is -0.745. The maximum atomic E-state index is 11.5. The highest BCUT2D eigenvalue weighted by molar-refractivity contribution is 5.86. The van der Waals surface area contributed by atoms with Gasteiger partial charge in [0.15, 0.2) is 5.60 Å². The molecule has 0 aromatic heterocycles. The molecule has 2 fully saturated rings. The molecule has 68 valence electrons. The molecule has 0 aromatic carbocycles. The topological polar surface area (TPSA) is 50.4 Å². The number of hydrogen-bond donors (Lipinski definition) is 2. The van der Waals surface area contributed by atoms with Crippen LogP contribution in [0.2, 0.25) is 0 Å². The minimum absolute atomic E-state index is 0.0564. The highest BCUT2D eigenvalue weighted by Crippen LogP contribution is 2.22. The summed E-state index contributed by atoms with van der Waals surface area (Å²) in [6.45, 7) is 2.96. The largest absolute Gasteiger partial charge is 0.362 e. The fourth-order valence-corrected chi connectivity index (χ4v) is 1.82. The predicted molar refractivity (Wildman–Crippen MR) is 43.8 cm³/mol. The van der Waals surface area contributed by atoms with Gasteiger partial charge in [-0.15, -0.1) is 0 Å². The summed E-state index contributed by atoms with van der Waals surface area (Å²) < 4.78 is 5.54. The first kappa shape index (κ1) is 8.01. The molecule has 1 atom stereocenters. The van der Waals surface area contributed by atoms with Crippen LogP contribution in [0.3, 0.4) is 0 Å². The maximum absolute atomic E-state index is 11.5. The smallest absolute Gasteiger partial charge is 0.253 e. The second-order valence-electron chi connectivity index (χ2n) is 3.38. The quantitative estimate of drug-likeness (QED) is 0.503. The summed E-state index contributed by atoms with van der Waals surface area (Å²) in [4.78, 5) is 11.5. The van der Waals surface area contributed by atoms with Crippen molar-refractivity contribution in [2.45, 2.75) is 18.4 Å². The van der Waals surface area contributed by atoms with Gasteiger partial charge in [0, 0.05) is 19.6 Å². The molecule has 2 heterocycles. The van der Waals surface area contributed by atoms with Crippen LogP contribution in [0.5, 0.6) is 0 Å². The normalized spacial score (nSPS) is 36.5. The van der Waals surface area contributed by atoms with Gasteiger partial charge in [-0.2, -0.15) is 0 Å². The van der Waals surface area contributed by atoms with E-state index >= 15 is 0 Å². The van der Waals surface area contributed by atoms with Crippen LogP contribution in [-0.2, 0) is 9.53 Å². The third-order valence-electron chi connectivity index (χ3n) is 2.52. The maximum Gasteiger partial charge on any atom is 0.253 e. The van der Waals surface area contributed by atoms with E-state index in [2.05, 4.69) is 10.6 Å². The van der Waals surface area contributed by atoms with E-state index in [9.17, 15) is 4.79 Å². The Morgan fingerprint density at radius 2 is 2.33 bits per heavy atom. The van der Waals surface area contributed by atoms with Gasteiger partial charge < -0.3 is 15.4 Å². The summed E-state index contributed by atoms with van der Waals surface area (Å²) in [5.41, 5.74) is -0.545. The van der Waals surface area contributed by atoms with E-state index in [4.69, 9.17) is 4.74 Å². The van der Waals surface area contributed by atoms with Crippen molar-refractivity contribution in [1.82, 2.24) is 10.6 Å². The first-order chi connectivity index (χ1) is 5.83. The molecule has 2 aliphatic rings. The van der Waals surface area contributed by atoms with Gasteiger partial charge >= 0.3 is 0 Å². The SMILES string of the molecule is O=C1NCCCC12CNCCO2. The molecular formula is C8H14N2O2. The molecule has 0 radical (unpaired) electrons. The molecule has 2 saturated heterocycles. The molecule has 2 aliphatic heterocycles. The van der Waals surface area contributed by atoms with E-state index in [-0.39, 0.29) is 5.91 Å². The summed E-state index contributed by atoms with van der Waals surface area (Å²) in [5.74, 6) is 0.0564. The van der Waals surface area contributed by atoms with Crippen molar-refractivity contribution in [3.05, 3.63) is 0 Å². The molecule has 12 heavy (non-hydrogen) atoms. The molecule has 2 rings (SSSR count). The molecule has 1 unspecified atom stereocenters. The van der Waals surface area contributed by atoms with Crippen LogP contribution in [0.25, 0.3) is 0 Å². The van der Waals surface area contributed by atoms with Crippen molar-refractivity contribution in [1.29, 1.82) is 0 Å². The second kappa shape index (κ2) is 3.03. The average molecular weight is 170 g/mol. The standard InChI is InChI=1S/C8H14N2O2/c11-7-8(2-1-3-10-7)6-9-4-5-12-8/h9H,1-6H2,(H,10,11). The van der Waals surface area contributed by atoms with Crippen molar-refractivity contribution in [2.75, 3.05) is 26.2 Å². The van der Waals surface area contributed by atoms with Crippen LogP contribution < -0.4 is 10.6 Å². The van der Waals surface area contributed by atoms with Gasteiger partial charge in [0.2, 0.25) is 0 Å². The zero-order valence-corrected chi connectivity index (χ0v) is 7.06. The Balaban J connectivity index is 2.09. The lowest BCUT2D eigenvalue weighted by molar-refractivity contribution is -0.155. The lowest BCUT2D eigenvalue weighted by Gasteiger charge is -2.38. The van der Waals surface area contributed by atoms with Gasteiger partial charge in [-0.1, -0.05) is 0 Å². The first-order valence-electron chi connectivity index (χ1n) is 4.46. The number of amides is 1. The van der Waals surface area contributed by atoms with Crippen molar-refractivity contribution < 1.29 is 9.53 Å². The van der Waals surface area contributed by atoms with Crippen LogP contribution in [0, 0.1) is 0 Å². The number of hydrogen-bond acceptors (Lipinski definition) is 3. The number of piperidine rings is 1. The van der Waals surface area contributed by atoms with E-state index in [1.54, 1.807) is 0 Å². The molecule has 0 aliphatic carbocycles. The Bertz CT molecular complexity index is 179. The van der Waals surface area contributed by atoms with Gasteiger partial charge in [0.25, 0.3) is 5.91 Å². The Morgan fingerprint density at radius 3 is 3.00 bits per heavy atom. The molecule has 2 N–H and O–H groups in total. The van der Waals surface area contributed by atoms with E-state index in [0.29, 0.717) is 13.2 Å². The molecule has 0 aromatic rings. The third kappa shape index (κ3) is 1.21. The van der Waals surface area contributed by atoms with Crippen LogP contribution in [0.15, 0.2) is 0 Å². The highest BCUT2D eigenvalue weighted by Gasteiger charge is 2.42. The fraction of sp³-hybridized carbons (Fsp3) is 0.875. The van der Waals surface area contributed by atoms with Gasteiger partial charge in [0.1, 0.15) is 0 Å². The Kier molecular flexibility index (Phi) is 2.02. The summed E-state index contributed by atoms with van der Waals surface area (Å²) in [6.07, 6.45) is 1.87. The van der Waals surface area contributed by atoms with Crippen LogP contribution in [0.4, 0.5) is 0 Å². The summed E-state index contributed by atoms with van der Waals surface area (Å²) >= 11 is 0. The monoisotopic (exact) mass is 170 g/mol. The van der Waals surface area contributed by atoms with E-state index in [0.717, 1.165) is 25.9 Å². The summed E-state index contributed by atoms with van der Waals surface area (Å²) in [5, 5.41) is 6.03. The summed E-state index contributed by atoms with van der Waals surface area (Å²) in [6, 6.07) is 0. The molecule has 1 amide bonds. The molecule has 1 spiro atoms. The molecule has 0 saturated carbocycles. The number of rotatable bonds is 0. The molecular weight excluding hydrogens is 156 g/mol. The fourth-order valence-electron chi connectivity index (χ4n) is 1.82. The molecule has 4 heteroatoms. The Hall–Kier alpha value is -0.610. The van der Waals surface area contributed by atoms with E-state index in [1.165, 1.54) is 0 Å². The van der Waals surface area contributed by atoms with Crippen molar-refractivity contribution in [3.8, 4) is 0 Å². The van der Waals surface area contributed by atoms with Gasteiger partial charge in [-0.25, -0.2) is 0 Å². The van der Waals surface area contributed by atoms with Crippen LogP contribution >= 0.6 is 0 Å². The van der Waals surface area contributed by atoms with Crippen molar-refractivity contribution >= 4 is 5.91 Å². The van der Waals surface area contributed by atoms with E-state index in [1.807, 2.05) is 0 Å². The molecule has 0 bridgehead atoms. The number of morpholine rings is 1. The lowest BCUT2D eigenvalue weighted by Crippen LogP contribution is -2.61. The van der Waals surface area contributed by atoms with Gasteiger partial charge in [-0.05, 0) is 12.8 Å². The number of carbonyl (C=O) groups is 1. The minimum atomic E-state index is -0.545. The average Bonchev–Trinajstić information content (AvgIpc) is 2.12. The number of nitrogens with one attached hydrogen (secondary N) is 2. The van der Waals surface area contributed by atoms with Gasteiger partial charge in [-0.3, -0.25) is 4.79 Å². The second-order valence-corrected chi connectivity index (χ2v) is 3.38. The zero-order valence-electron chi connectivity index (χ0n) is 7.06. The minimum Gasteiger partial charge on any atom is -0.362 e. The Morgan fingerprint density at radius 1 is 1.42 bits per heavy atom.